The van der Waals surface area contributed by atoms with E-state index in [4.69, 9.17) is 21.1 Å². The van der Waals surface area contributed by atoms with Crippen LogP contribution >= 0.6 is 22.9 Å². The molecule has 0 aliphatic carbocycles. The second kappa shape index (κ2) is 7.49. The van der Waals surface area contributed by atoms with E-state index >= 15 is 0 Å². The average molecular weight is 416 g/mol. The highest BCUT2D eigenvalue weighted by Gasteiger charge is 2.19. The van der Waals surface area contributed by atoms with Gasteiger partial charge in [0.1, 0.15) is 9.88 Å². The highest BCUT2D eigenvalue weighted by Crippen LogP contribution is 2.32. The number of aryl methyl sites for hydroxylation is 1. The van der Waals surface area contributed by atoms with Crippen LogP contribution in [0.2, 0.25) is 5.02 Å². The number of carbonyl (C=O) groups excluding carboxylic acids is 2. The van der Waals surface area contributed by atoms with E-state index in [0.29, 0.717) is 37.7 Å². The van der Waals surface area contributed by atoms with E-state index in [1.54, 1.807) is 37.3 Å². The third-order valence-corrected chi connectivity index (χ3v) is 5.48. The number of hydrazine groups is 1. The van der Waals surface area contributed by atoms with Gasteiger partial charge in [0.2, 0.25) is 6.79 Å². The van der Waals surface area contributed by atoms with Gasteiger partial charge in [-0.1, -0.05) is 23.7 Å². The lowest BCUT2D eigenvalue weighted by Crippen LogP contribution is -2.41. The summed E-state index contributed by atoms with van der Waals surface area (Å²) < 4.78 is 10.5. The zero-order valence-electron chi connectivity index (χ0n) is 14.6. The Morgan fingerprint density at radius 2 is 1.75 bits per heavy atom. The predicted molar refractivity (Wildman–Crippen MR) is 105 cm³/mol. The Hall–Kier alpha value is -3.10. The lowest BCUT2D eigenvalue weighted by atomic mass is 10.2. The van der Waals surface area contributed by atoms with Crippen molar-refractivity contribution in [3.05, 3.63) is 63.6 Å². The van der Waals surface area contributed by atoms with Crippen molar-refractivity contribution in [2.75, 3.05) is 6.79 Å². The molecule has 28 heavy (non-hydrogen) atoms. The molecule has 9 heteroatoms. The molecule has 0 spiro atoms. The van der Waals surface area contributed by atoms with Crippen molar-refractivity contribution in [2.24, 2.45) is 0 Å². The number of thiazole rings is 1. The number of carbonyl (C=O) groups is 2. The van der Waals surface area contributed by atoms with Gasteiger partial charge in [-0.25, -0.2) is 4.98 Å². The number of ether oxygens (including phenoxy) is 2. The molecule has 0 saturated carbocycles. The van der Waals surface area contributed by atoms with E-state index in [-0.39, 0.29) is 6.79 Å². The molecule has 4 rings (SSSR count). The van der Waals surface area contributed by atoms with Crippen LogP contribution in [0.3, 0.4) is 0 Å². The molecule has 2 N–H and O–H groups in total. The Balaban J connectivity index is 1.44. The first-order valence-electron chi connectivity index (χ1n) is 8.25. The van der Waals surface area contributed by atoms with Crippen molar-refractivity contribution < 1.29 is 19.1 Å². The summed E-state index contributed by atoms with van der Waals surface area (Å²) in [5, 5.41) is 1.32. The highest BCUT2D eigenvalue weighted by atomic mass is 35.5. The highest BCUT2D eigenvalue weighted by molar-refractivity contribution is 7.17. The Morgan fingerprint density at radius 3 is 2.54 bits per heavy atom. The fourth-order valence-corrected chi connectivity index (χ4v) is 3.70. The van der Waals surface area contributed by atoms with Crippen LogP contribution in [-0.4, -0.2) is 23.6 Å². The largest absolute Gasteiger partial charge is 0.454 e. The van der Waals surface area contributed by atoms with Crippen molar-refractivity contribution in [2.45, 2.75) is 6.92 Å². The molecule has 2 aromatic carbocycles. The van der Waals surface area contributed by atoms with Gasteiger partial charge in [-0.15, -0.1) is 11.3 Å². The molecule has 2 heterocycles. The van der Waals surface area contributed by atoms with E-state index in [0.717, 1.165) is 5.56 Å². The Morgan fingerprint density at radius 1 is 1.04 bits per heavy atom. The number of rotatable bonds is 3. The summed E-state index contributed by atoms with van der Waals surface area (Å²) in [4.78, 5) is 29.6. The van der Waals surface area contributed by atoms with Crippen LogP contribution in [-0.2, 0) is 0 Å². The molecule has 1 aliphatic heterocycles. The van der Waals surface area contributed by atoms with Crippen LogP contribution in [0.4, 0.5) is 0 Å². The Bertz CT molecular complexity index is 1070. The number of halogens is 1. The van der Waals surface area contributed by atoms with Crippen molar-refractivity contribution >= 4 is 34.8 Å². The first kappa shape index (κ1) is 18.3. The van der Waals surface area contributed by atoms with Gasteiger partial charge >= 0.3 is 0 Å². The van der Waals surface area contributed by atoms with E-state index in [9.17, 15) is 9.59 Å². The number of benzene rings is 2. The molecule has 142 valence electrons. The minimum absolute atomic E-state index is 0.123. The second-order valence-electron chi connectivity index (χ2n) is 5.92. The van der Waals surface area contributed by atoms with Crippen LogP contribution in [0.25, 0.3) is 10.6 Å². The number of amides is 2. The second-order valence-corrected chi connectivity index (χ2v) is 7.35. The molecule has 0 radical (unpaired) electrons. The normalized spacial score (nSPS) is 11.9. The van der Waals surface area contributed by atoms with Gasteiger partial charge in [0.05, 0.1) is 5.69 Å². The molecule has 0 unspecified atom stereocenters. The van der Waals surface area contributed by atoms with Crippen LogP contribution in [0.5, 0.6) is 11.5 Å². The van der Waals surface area contributed by atoms with Crippen molar-refractivity contribution in [3.63, 3.8) is 0 Å². The van der Waals surface area contributed by atoms with E-state index in [2.05, 4.69) is 15.8 Å². The van der Waals surface area contributed by atoms with Gasteiger partial charge in [0.25, 0.3) is 11.8 Å². The predicted octanol–water partition coefficient (Wildman–Crippen LogP) is 3.58. The number of nitrogens with zero attached hydrogens (tertiary/aromatic N) is 1. The summed E-state index contributed by atoms with van der Waals surface area (Å²) in [6.45, 7) is 1.86. The number of aromatic nitrogens is 1. The van der Waals surface area contributed by atoms with E-state index < -0.39 is 11.8 Å². The molecular formula is C19H14ClN3O4S. The average Bonchev–Trinajstić information content (AvgIpc) is 3.32. The van der Waals surface area contributed by atoms with Crippen molar-refractivity contribution in [1.82, 2.24) is 15.8 Å². The smallest absolute Gasteiger partial charge is 0.281 e. The van der Waals surface area contributed by atoms with E-state index in [1.807, 2.05) is 12.1 Å². The minimum Gasteiger partial charge on any atom is -0.454 e. The number of hydrogen-bond donors (Lipinski definition) is 2. The first-order valence-corrected chi connectivity index (χ1v) is 9.44. The summed E-state index contributed by atoms with van der Waals surface area (Å²) in [5.41, 5.74) is 6.59. The van der Waals surface area contributed by atoms with Gasteiger partial charge in [-0.2, -0.15) is 0 Å². The lowest BCUT2D eigenvalue weighted by molar-refractivity contribution is 0.0848. The summed E-state index contributed by atoms with van der Waals surface area (Å²) in [7, 11) is 0. The third-order valence-electron chi connectivity index (χ3n) is 4.02. The first-order chi connectivity index (χ1) is 13.5. The van der Waals surface area contributed by atoms with Crippen LogP contribution < -0.4 is 20.3 Å². The quantitative estimate of drug-likeness (QED) is 0.638. The van der Waals surface area contributed by atoms with Crippen LogP contribution in [0.1, 0.15) is 25.7 Å². The number of nitrogens with one attached hydrogen (secondary N) is 2. The molecule has 7 nitrogen and oxygen atoms in total. The third kappa shape index (κ3) is 3.64. The molecule has 0 atom stereocenters. The summed E-state index contributed by atoms with van der Waals surface area (Å²) in [6, 6.07) is 12.0. The maximum Gasteiger partial charge on any atom is 0.281 e. The molecule has 0 bridgehead atoms. The zero-order chi connectivity index (χ0) is 19.7. The number of hydrogen-bond acceptors (Lipinski definition) is 6. The molecular weight excluding hydrogens is 402 g/mol. The van der Waals surface area contributed by atoms with Gasteiger partial charge in [0.15, 0.2) is 11.5 Å². The van der Waals surface area contributed by atoms with E-state index in [1.165, 1.54) is 11.3 Å². The van der Waals surface area contributed by atoms with Gasteiger partial charge < -0.3 is 9.47 Å². The Labute approximate surface area is 169 Å². The van der Waals surface area contributed by atoms with Gasteiger partial charge in [-0.05, 0) is 37.3 Å². The molecule has 2 amide bonds. The molecule has 1 aromatic heterocycles. The Kier molecular flexibility index (Phi) is 4.89. The molecule has 0 fully saturated rings. The fraction of sp³-hybridized carbons (Fsp3) is 0.105. The SMILES string of the molecule is Cc1nc(-c2ccc(Cl)cc2)sc1C(=O)NNC(=O)c1ccc2c(c1)OCO2. The lowest BCUT2D eigenvalue weighted by Gasteiger charge is -2.07. The number of fused-ring (bicyclic) bond motifs is 1. The topological polar surface area (TPSA) is 89.6 Å². The summed E-state index contributed by atoms with van der Waals surface area (Å²) >= 11 is 7.14. The van der Waals surface area contributed by atoms with Gasteiger partial charge in [0, 0.05) is 16.1 Å². The summed E-state index contributed by atoms with van der Waals surface area (Å²) in [6.07, 6.45) is 0. The monoisotopic (exact) mass is 415 g/mol. The van der Waals surface area contributed by atoms with Crippen LogP contribution in [0.15, 0.2) is 42.5 Å². The van der Waals surface area contributed by atoms with Gasteiger partial charge in [-0.3, -0.25) is 20.4 Å². The fourth-order valence-electron chi connectivity index (χ4n) is 2.60. The minimum atomic E-state index is -0.466. The maximum absolute atomic E-state index is 12.5. The standard InChI is InChI=1S/C19H14ClN3O4S/c1-10-16(28-19(21-10)11-2-5-13(20)6-3-11)18(25)23-22-17(24)12-4-7-14-15(8-12)27-9-26-14/h2-8H,9H2,1H3,(H,22,24)(H,23,25). The van der Waals surface area contributed by atoms with Crippen molar-refractivity contribution in [1.29, 1.82) is 0 Å². The summed E-state index contributed by atoms with van der Waals surface area (Å²) in [5.74, 6) is 0.163. The zero-order valence-corrected chi connectivity index (χ0v) is 16.2. The molecule has 0 saturated heterocycles. The maximum atomic E-state index is 12.5. The van der Waals surface area contributed by atoms with Crippen LogP contribution in [0, 0.1) is 6.92 Å². The molecule has 3 aromatic rings. The van der Waals surface area contributed by atoms with Crippen molar-refractivity contribution in [3.8, 4) is 22.1 Å². The molecule has 1 aliphatic rings.